The molecule has 1 rings (SSSR count). The maximum Gasteiger partial charge on any atom is 0.389 e. The normalized spacial score (nSPS) is 12.7. The molecule has 0 saturated heterocycles. The highest BCUT2D eigenvalue weighted by Gasteiger charge is 2.27. The number of halogens is 6. The molecule has 0 saturated carbocycles. The van der Waals surface area contributed by atoms with E-state index in [1.807, 2.05) is 4.72 Å². The molecule has 0 heterocycles. The largest absolute Gasteiger partial charge is 0.389 e. The highest BCUT2D eigenvalue weighted by molar-refractivity contribution is 9.10. The average molecular weight is 382 g/mol. The summed E-state index contributed by atoms with van der Waals surface area (Å²) >= 11 is 2.70. The lowest BCUT2D eigenvalue weighted by Crippen LogP contribution is -2.27. The minimum atomic E-state index is -4.40. The van der Waals surface area contributed by atoms with Crippen molar-refractivity contribution in [1.82, 2.24) is 4.72 Å². The fourth-order valence-corrected chi connectivity index (χ4v) is 3.59. The number of hydrogen-bond acceptors (Lipinski definition) is 2. The molecule has 0 atom stereocenters. The van der Waals surface area contributed by atoms with Gasteiger partial charge >= 0.3 is 6.18 Å². The van der Waals surface area contributed by atoms with Crippen molar-refractivity contribution in [1.29, 1.82) is 0 Å². The Kier molecular flexibility index (Phi) is 5.50. The van der Waals surface area contributed by atoms with E-state index in [0.717, 1.165) is 6.07 Å². The van der Waals surface area contributed by atoms with Gasteiger partial charge in [0, 0.05) is 23.5 Å². The van der Waals surface area contributed by atoms with Crippen molar-refractivity contribution in [3.05, 3.63) is 28.2 Å². The number of rotatable bonds is 5. The van der Waals surface area contributed by atoms with Crippen molar-refractivity contribution in [2.24, 2.45) is 0 Å². The molecule has 3 nitrogen and oxygen atoms in total. The van der Waals surface area contributed by atoms with Crippen LogP contribution >= 0.6 is 15.9 Å². The smallest absolute Gasteiger partial charge is 0.211 e. The van der Waals surface area contributed by atoms with Crippen LogP contribution in [0.2, 0.25) is 0 Å². The maximum absolute atomic E-state index is 13.4. The van der Waals surface area contributed by atoms with Crippen LogP contribution in [0, 0.1) is 11.6 Å². The predicted octanol–water partition coefficient (Wildman–Crippen LogP) is 3.35. The molecule has 0 aliphatic carbocycles. The van der Waals surface area contributed by atoms with E-state index in [4.69, 9.17) is 0 Å². The van der Waals surface area contributed by atoms with Gasteiger partial charge in [0.2, 0.25) is 10.0 Å². The SMILES string of the molecule is O=S(=O)(NCCCC(F)(F)F)c1c(F)cc(F)cc1Br. The molecule has 20 heavy (non-hydrogen) atoms. The van der Waals surface area contributed by atoms with Crippen LogP contribution in [-0.4, -0.2) is 21.1 Å². The number of sulfonamides is 1. The lowest BCUT2D eigenvalue weighted by Gasteiger charge is -2.10. The summed E-state index contributed by atoms with van der Waals surface area (Å²) in [6.07, 6.45) is -6.04. The first-order chi connectivity index (χ1) is 9.03. The molecular weight excluding hydrogens is 373 g/mol. The molecule has 0 fully saturated rings. The zero-order valence-corrected chi connectivity index (χ0v) is 12.2. The van der Waals surface area contributed by atoms with Gasteiger partial charge in [-0.05, 0) is 28.4 Å². The van der Waals surface area contributed by atoms with Gasteiger partial charge in [0.25, 0.3) is 0 Å². The van der Waals surface area contributed by atoms with Crippen molar-refractivity contribution in [3.8, 4) is 0 Å². The highest BCUT2D eigenvalue weighted by Crippen LogP contribution is 2.26. The van der Waals surface area contributed by atoms with Crippen molar-refractivity contribution in [2.45, 2.75) is 23.9 Å². The second kappa shape index (κ2) is 6.35. The summed E-state index contributed by atoms with van der Waals surface area (Å²) in [7, 11) is -4.36. The second-order valence-electron chi connectivity index (χ2n) is 3.82. The van der Waals surface area contributed by atoms with Crippen LogP contribution in [0.3, 0.4) is 0 Å². The Hall–Kier alpha value is -0.740. The van der Waals surface area contributed by atoms with Gasteiger partial charge in [0.1, 0.15) is 16.5 Å². The Morgan fingerprint density at radius 3 is 2.30 bits per heavy atom. The highest BCUT2D eigenvalue weighted by atomic mass is 79.9. The van der Waals surface area contributed by atoms with Crippen molar-refractivity contribution in [3.63, 3.8) is 0 Å². The molecule has 1 aromatic carbocycles. The molecule has 0 bridgehead atoms. The summed E-state index contributed by atoms with van der Waals surface area (Å²) in [5.74, 6) is -2.31. The average Bonchev–Trinajstić information content (AvgIpc) is 2.21. The van der Waals surface area contributed by atoms with Gasteiger partial charge in [-0.1, -0.05) is 0 Å². The van der Waals surface area contributed by atoms with Gasteiger partial charge < -0.3 is 0 Å². The lowest BCUT2D eigenvalue weighted by atomic mass is 10.3. The first kappa shape index (κ1) is 17.3. The standard InChI is InChI=1S/C10H9BrF5NO2S/c11-7-4-6(12)5-8(13)9(7)20(18,19)17-3-1-2-10(14,15)16/h4-5,17H,1-3H2. The van der Waals surface area contributed by atoms with Crippen LogP contribution in [0.15, 0.2) is 21.5 Å². The first-order valence-electron chi connectivity index (χ1n) is 5.24. The Bertz CT molecular complexity index is 565. The number of hydrogen-bond donors (Lipinski definition) is 1. The molecule has 0 radical (unpaired) electrons. The fourth-order valence-electron chi connectivity index (χ4n) is 1.35. The summed E-state index contributed by atoms with van der Waals surface area (Å²) in [4.78, 5) is -0.842. The van der Waals surface area contributed by atoms with E-state index in [-0.39, 0.29) is 4.47 Å². The van der Waals surface area contributed by atoms with Crippen LogP contribution < -0.4 is 4.72 Å². The van der Waals surface area contributed by atoms with E-state index in [9.17, 15) is 30.4 Å². The monoisotopic (exact) mass is 381 g/mol. The van der Waals surface area contributed by atoms with E-state index in [0.29, 0.717) is 6.07 Å². The van der Waals surface area contributed by atoms with E-state index in [2.05, 4.69) is 15.9 Å². The van der Waals surface area contributed by atoms with Crippen molar-refractivity contribution >= 4 is 26.0 Å². The van der Waals surface area contributed by atoms with E-state index in [1.165, 1.54) is 0 Å². The molecule has 114 valence electrons. The maximum atomic E-state index is 13.4. The van der Waals surface area contributed by atoms with E-state index >= 15 is 0 Å². The number of nitrogens with one attached hydrogen (secondary N) is 1. The summed E-state index contributed by atoms with van der Waals surface area (Å²) < 4.78 is 86.8. The Balaban J connectivity index is 2.80. The van der Waals surface area contributed by atoms with Crippen molar-refractivity contribution in [2.75, 3.05) is 6.54 Å². The lowest BCUT2D eigenvalue weighted by molar-refractivity contribution is -0.135. The van der Waals surface area contributed by atoms with Gasteiger partial charge in [-0.3, -0.25) is 0 Å². The van der Waals surface area contributed by atoms with Crippen LogP contribution in [0.5, 0.6) is 0 Å². The van der Waals surface area contributed by atoms with Crippen molar-refractivity contribution < 1.29 is 30.4 Å². The van der Waals surface area contributed by atoms with E-state index in [1.54, 1.807) is 0 Å². The predicted molar refractivity (Wildman–Crippen MR) is 64.5 cm³/mol. The van der Waals surface area contributed by atoms with E-state index < -0.39 is 52.1 Å². The Labute approximate surface area is 120 Å². The molecule has 0 aliphatic rings. The summed E-state index contributed by atoms with van der Waals surface area (Å²) in [5.41, 5.74) is 0. The number of benzene rings is 1. The fraction of sp³-hybridized carbons (Fsp3) is 0.400. The summed E-state index contributed by atoms with van der Waals surface area (Å²) in [5, 5.41) is 0. The molecule has 1 N–H and O–H groups in total. The topological polar surface area (TPSA) is 46.2 Å². The second-order valence-corrected chi connectivity index (χ2v) is 6.37. The van der Waals surface area contributed by atoms with Gasteiger partial charge in [-0.25, -0.2) is 21.9 Å². The molecule has 1 aromatic rings. The van der Waals surface area contributed by atoms with Gasteiger partial charge in [-0.2, -0.15) is 13.2 Å². The van der Waals surface area contributed by atoms with Crippen LogP contribution in [0.25, 0.3) is 0 Å². The zero-order valence-electron chi connectivity index (χ0n) is 9.77. The van der Waals surface area contributed by atoms with Crippen LogP contribution in [-0.2, 0) is 10.0 Å². The third-order valence-electron chi connectivity index (χ3n) is 2.16. The molecule has 0 spiro atoms. The zero-order chi connectivity index (χ0) is 15.6. The molecule has 0 unspecified atom stereocenters. The minimum Gasteiger partial charge on any atom is -0.211 e. The summed E-state index contributed by atoms with van der Waals surface area (Å²) in [6.45, 7) is -0.509. The van der Waals surface area contributed by atoms with Gasteiger partial charge in [-0.15, -0.1) is 0 Å². The third kappa shape index (κ3) is 4.98. The minimum absolute atomic E-state index is 0.349. The molecule has 0 aromatic heterocycles. The first-order valence-corrected chi connectivity index (χ1v) is 7.51. The van der Waals surface area contributed by atoms with Gasteiger partial charge in [0.15, 0.2) is 0 Å². The van der Waals surface area contributed by atoms with Gasteiger partial charge in [0.05, 0.1) is 0 Å². The van der Waals surface area contributed by atoms with Crippen LogP contribution in [0.1, 0.15) is 12.8 Å². The molecule has 0 aliphatic heterocycles. The Morgan fingerprint density at radius 1 is 1.20 bits per heavy atom. The third-order valence-corrected chi connectivity index (χ3v) is 4.59. The number of alkyl halides is 3. The van der Waals surface area contributed by atoms with Crippen LogP contribution in [0.4, 0.5) is 22.0 Å². The molecule has 10 heteroatoms. The summed E-state index contributed by atoms with van der Waals surface area (Å²) in [6, 6.07) is 1.11. The molecular formula is C10H9BrF5NO2S. The molecule has 0 amide bonds. The quantitative estimate of drug-likeness (QED) is 0.627. The Morgan fingerprint density at radius 2 is 1.80 bits per heavy atom.